The van der Waals surface area contributed by atoms with Gasteiger partial charge in [0.2, 0.25) is 0 Å². The number of hydrogen-bond donors (Lipinski definition) is 1. The Morgan fingerprint density at radius 3 is 2.75 bits per heavy atom. The SMILES string of the molecule is CCN(C(=O)NCCc1ccc(F)cc1F)[C@H](C)c1cccnc1. The molecule has 0 aliphatic carbocycles. The highest BCUT2D eigenvalue weighted by atomic mass is 19.1. The Balaban J connectivity index is 1.92. The van der Waals surface area contributed by atoms with Crippen LogP contribution in [0.1, 0.15) is 31.0 Å². The Hall–Kier alpha value is -2.50. The summed E-state index contributed by atoms with van der Waals surface area (Å²) in [5.41, 5.74) is 1.32. The molecule has 0 unspecified atom stereocenters. The molecular weight excluding hydrogens is 312 g/mol. The van der Waals surface area contributed by atoms with E-state index in [1.165, 1.54) is 12.1 Å². The fourth-order valence-electron chi connectivity index (χ4n) is 2.53. The zero-order valence-electron chi connectivity index (χ0n) is 13.8. The van der Waals surface area contributed by atoms with Crippen LogP contribution in [0.2, 0.25) is 0 Å². The lowest BCUT2D eigenvalue weighted by molar-refractivity contribution is 0.183. The summed E-state index contributed by atoms with van der Waals surface area (Å²) < 4.78 is 26.5. The molecule has 0 bridgehead atoms. The molecule has 24 heavy (non-hydrogen) atoms. The Bertz CT molecular complexity index is 679. The normalized spacial score (nSPS) is 11.8. The quantitative estimate of drug-likeness (QED) is 0.876. The number of urea groups is 1. The van der Waals surface area contributed by atoms with E-state index in [0.717, 1.165) is 11.6 Å². The van der Waals surface area contributed by atoms with Crippen molar-refractivity contribution in [1.29, 1.82) is 0 Å². The topological polar surface area (TPSA) is 45.2 Å². The van der Waals surface area contributed by atoms with Crippen molar-refractivity contribution < 1.29 is 13.6 Å². The lowest BCUT2D eigenvalue weighted by atomic mass is 10.1. The molecule has 2 rings (SSSR count). The molecule has 0 saturated heterocycles. The first-order valence-corrected chi connectivity index (χ1v) is 7.91. The first-order valence-electron chi connectivity index (χ1n) is 7.91. The van der Waals surface area contributed by atoms with Crippen molar-refractivity contribution in [2.45, 2.75) is 26.3 Å². The third-order valence-electron chi connectivity index (χ3n) is 3.92. The number of rotatable bonds is 6. The number of carbonyl (C=O) groups is 1. The van der Waals surface area contributed by atoms with Gasteiger partial charge in [0.1, 0.15) is 11.6 Å². The van der Waals surface area contributed by atoms with E-state index >= 15 is 0 Å². The summed E-state index contributed by atoms with van der Waals surface area (Å²) in [6.07, 6.45) is 3.72. The molecule has 0 radical (unpaired) electrons. The second-order valence-corrected chi connectivity index (χ2v) is 5.47. The van der Waals surface area contributed by atoms with Crippen LogP contribution in [0.5, 0.6) is 0 Å². The maximum absolute atomic E-state index is 13.6. The van der Waals surface area contributed by atoms with Crippen molar-refractivity contribution in [1.82, 2.24) is 15.2 Å². The molecule has 1 N–H and O–H groups in total. The van der Waals surface area contributed by atoms with Crippen LogP contribution in [-0.4, -0.2) is 29.0 Å². The van der Waals surface area contributed by atoms with Crippen LogP contribution in [0, 0.1) is 11.6 Å². The molecular formula is C18H21F2N3O. The highest BCUT2D eigenvalue weighted by Crippen LogP contribution is 2.18. The number of hydrogen-bond acceptors (Lipinski definition) is 2. The predicted octanol–water partition coefficient (Wildman–Crippen LogP) is 3.70. The third-order valence-corrected chi connectivity index (χ3v) is 3.92. The summed E-state index contributed by atoms with van der Waals surface area (Å²) in [6.45, 7) is 4.64. The lowest BCUT2D eigenvalue weighted by Gasteiger charge is -2.28. The molecule has 1 aromatic carbocycles. The Labute approximate surface area is 140 Å². The van der Waals surface area contributed by atoms with E-state index in [-0.39, 0.29) is 18.6 Å². The number of nitrogens with one attached hydrogen (secondary N) is 1. The zero-order valence-corrected chi connectivity index (χ0v) is 13.8. The minimum Gasteiger partial charge on any atom is -0.338 e. The van der Waals surface area contributed by atoms with Crippen molar-refractivity contribution >= 4 is 6.03 Å². The summed E-state index contributed by atoms with van der Waals surface area (Å²) in [7, 11) is 0. The second kappa shape index (κ2) is 8.38. The van der Waals surface area contributed by atoms with Gasteiger partial charge in [-0.1, -0.05) is 12.1 Å². The van der Waals surface area contributed by atoms with Gasteiger partial charge in [-0.2, -0.15) is 0 Å². The average molecular weight is 333 g/mol. The van der Waals surface area contributed by atoms with Crippen LogP contribution in [-0.2, 0) is 6.42 Å². The van der Waals surface area contributed by atoms with Crippen LogP contribution < -0.4 is 5.32 Å². The van der Waals surface area contributed by atoms with Gasteiger partial charge in [0, 0.05) is 31.5 Å². The monoisotopic (exact) mass is 333 g/mol. The maximum atomic E-state index is 13.6. The van der Waals surface area contributed by atoms with Crippen molar-refractivity contribution in [3.8, 4) is 0 Å². The lowest BCUT2D eigenvalue weighted by Crippen LogP contribution is -2.42. The molecule has 2 aromatic rings. The van der Waals surface area contributed by atoms with Gasteiger partial charge in [0.05, 0.1) is 6.04 Å². The molecule has 0 saturated carbocycles. The highest BCUT2D eigenvalue weighted by molar-refractivity contribution is 5.74. The van der Waals surface area contributed by atoms with Crippen molar-refractivity contribution in [2.24, 2.45) is 0 Å². The second-order valence-electron chi connectivity index (χ2n) is 5.47. The van der Waals surface area contributed by atoms with Crippen LogP contribution in [0.3, 0.4) is 0 Å². The minimum absolute atomic E-state index is 0.119. The molecule has 6 heteroatoms. The van der Waals surface area contributed by atoms with Crippen LogP contribution in [0.15, 0.2) is 42.7 Å². The smallest absolute Gasteiger partial charge is 0.317 e. The minimum atomic E-state index is -0.609. The predicted molar refractivity (Wildman–Crippen MR) is 88.5 cm³/mol. The van der Waals surface area contributed by atoms with Gasteiger partial charge in [-0.25, -0.2) is 13.6 Å². The summed E-state index contributed by atoms with van der Waals surface area (Å²) >= 11 is 0. The van der Waals surface area contributed by atoms with E-state index in [9.17, 15) is 13.6 Å². The summed E-state index contributed by atoms with van der Waals surface area (Å²) in [5, 5.41) is 2.78. The number of aromatic nitrogens is 1. The summed E-state index contributed by atoms with van der Waals surface area (Å²) in [4.78, 5) is 18.1. The molecule has 0 spiro atoms. The zero-order chi connectivity index (χ0) is 17.5. The number of halogens is 2. The number of carbonyl (C=O) groups excluding carboxylic acids is 1. The molecule has 0 aliphatic rings. The van der Waals surface area contributed by atoms with Crippen LogP contribution in [0.25, 0.3) is 0 Å². The van der Waals surface area contributed by atoms with E-state index < -0.39 is 11.6 Å². The van der Waals surface area contributed by atoms with Gasteiger partial charge < -0.3 is 10.2 Å². The van der Waals surface area contributed by atoms with Gasteiger partial charge in [-0.05, 0) is 43.5 Å². The molecule has 1 atom stereocenters. The van der Waals surface area contributed by atoms with Crippen LogP contribution >= 0.6 is 0 Å². The van der Waals surface area contributed by atoms with E-state index in [1.807, 2.05) is 26.0 Å². The number of amides is 2. The maximum Gasteiger partial charge on any atom is 0.317 e. The molecule has 1 heterocycles. The Morgan fingerprint density at radius 1 is 1.33 bits per heavy atom. The summed E-state index contributed by atoms with van der Waals surface area (Å²) in [6, 6.07) is 6.86. The summed E-state index contributed by atoms with van der Waals surface area (Å²) in [5.74, 6) is -1.21. The molecule has 0 aliphatic heterocycles. The highest BCUT2D eigenvalue weighted by Gasteiger charge is 2.19. The van der Waals surface area contributed by atoms with Gasteiger partial charge >= 0.3 is 6.03 Å². The van der Waals surface area contributed by atoms with E-state index in [2.05, 4.69) is 10.3 Å². The number of nitrogens with zero attached hydrogens (tertiary/aromatic N) is 2. The standard InChI is InChI=1S/C18H21F2N3O/c1-3-23(13(2)15-5-4-9-21-12-15)18(24)22-10-8-14-6-7-16(19)11-17(14)20/h4-7,9,11-13H,3,8,10H2,1-2H3,(H,22,24)/t13-/m1/s1. The Kier molecular flexibility index (Phi) is 6.23. The third kappa shape index (κ3) is 4.50. The fraction of sp³-hybridized carbons (Fsp3) is 0.333. The van der Waals surface area contributed by atoms with Gasteiger partial charge in [0.15, 0.2) is 0 Å². The molecule has 0 fully saturated rings. The molecule has 4 nitrogen and oxygen atoms in total. The molecule has 128 valence electrons. The van der Waals surface area contributed by atoms with Gasteiger partial charge in [0.25, 0.3) is 0 Å². The molecule has 1 aromatic heterocycles. The van der Waals surface area contributed by atoms with Crippen molar-refractivity contribution in [3.05, 3.63) is 65.5 Å². The van der Waals surface area contributed by atoms with E-state index in [1.54, 1.807) is 17.3 Å². The first kappa shape index (κ1) is 17.8. The van der Waals surface area contributed by atoms with Crippen molar-refractivity contribution in [3.63, 3.8) is 0 Å². The van der Waals surface area contributed by atoms with Crippen LogP contribution in [0.4, 0.5) is 13.6 Å². The van der Waals surface area contributed by atoms with E-state index in [4.69, 9.17) is 0 Å². The average Bonchev–Trinajstić information content (AvgIpc) is 2.58. The largest absolute Gasteiger partial charge is 0.338 e. The fourth-order valence-corrected chi connectivity index (χ4v) is 2.53. The Morgan fingerprint density at radius 2 is 2.12 bits per heavy atom. The van der Waals surface area contributed by atoms with Crippen molar-refractivity contribution in [2.75, 3.05) is 13.1 Å². The molecule has 2 amide bonds. The first-order chi connectivity index (χ1) is 11.5. The van der Waals surface area contributed by atoms with Gasteiger partial charge in [-0.3, -0.25) is 4.98 Å². The van der Waals surface area contributed by atoms with Gasteiger partial charge in [-0.15, -0.1) is 0 Å². The number of pyridine rings is 1. The van der Waals surface area contributed by atoms with E-state index in [0.29, 0.717) is 18.5 Å². The number of benzene rings is 1.